The van der Waals surface area contributed by atoms with Crippen molar-refractivity contribution < 1.29 is 51.3 Å². The second kappa shape index (κ2) is 21.6. The maximum Gasteiger partial charge on any atom is 0.410 e. The van der Waals surface area contributed by atoms with E-state index in [0.717, 1.165) is 95.6 Å². The minimum Gasteiger partial charge on any atom is -0.468 e. The molecule has 18 nitrogen and oxygen atoms in total. The Hall–Kier alpha value is -6.84. The molecule has 2 aliphatic carbocycles. The number of pyridine rings is 1. The van der Waals surface area contributed by atoms with Gasteiger partial charge in [-0.05, 0) is 149 Å². The maximum absolute atomic E-state index is 17.7. The van der Waals surface area contributed by atoms with Gasteiger partial charge >= 0.3 is 12.1 Å². The predicted octanol–water partition coefficient (Wildman–Crippen LogP) is 8.58. The first-order chi connectivity index (χ1) is 40.3. The lowest BCUT2D eigenvalue weighted by Gasteiger charge is -2.55. The third-order valence-electron chi connectivity index (χ3n) is 19.2. The second-order valence-electron chi connectivity index (χ2n) is 26.3. The number of carbonyl (C=O) groups is 4. The quantitative estimate of drug-likeness (QED) is 0.0779. The number of piperazine rings is 2. The summed E-state index contributed by atoms with van der Waals surface area (Å²) < 4.78 is 73.6. The van der Waals surface area contributed by atoms with E-state index in [9.17, 15) is 19.2 Å². The third kappa shape index (κ3) is 10.7. The fourth-order valence-electron chi connectivity index (χ4n) is 14.7. The van der Waals surface area contributed by atoms with Gasteiger partial charge in [-0.1, -0.05) is 13.0 Å². The molecular weight excluding hydrogens is 1080 g/mol. The van der Waals surface area contributed by atoms with Gasteiger partial charge in [-0.3, -0.25) is 34.5 Å². The zero-order valence-corrected chi connectivity index (χ0v) is 48.7. The van der Waals surface area contributed by atoms with Crippen molar-refractivity contribution in [2.75, 3.05) is 95.8 Å². The minimum atomic E-state index is -1.25. The number of piperidine rings is 1. The number of hydrogen-bond donors (Lipinski definition) is 1. The van der Waals surface area contributed by atoms with Crippen molar-refractivity contribution in [1.82, 2.24) is 39.9 Å². The first-order valence-electron chi connectivity index (χ1n) is 30.1. The van der Waals surface area contributed by atoms with Gasteiger partial charge < -0.3 is 38.5 Å². The fourth-order valence-corrected chi connectivity index (χ4v) is 14.7. The normalized spacial score (nSPS) is 23.8. The number of ether oxygens (including phenoxy) is 4. The highest BCUT2D eigenvalue weighted by Crippen LogP contribution is 2.53. The van der Waals surface area contributed by atoms with Gasteiger partial charge in [0, 0.05) is 114 Å². The average molecular weight is 1160 g/mol. The van der Waals surface area contributed by atoms with Crippen molar-refractivity contribution in [2.24, 2.45) is 10.8 Å². The van der Waals surface area contributed by atoms with E-state index in [4.69, 9.17) is 33.9 Å². The van der Waals surface area contributed by atoms with Crippen LogP contribution in [0, 0.1) is 22.5 Å². The highest BCUT2D eigenvalue weighted by Gasteiger charge is 2.54. The summed E-state index contributed by atoms with van der Waals surface area (Å²) in [5.74, 6) is -1.15. The SMILES string of the molecule is CCc1c(F)ccc2cc(OCOC)cc(-c3ncc4c(N5CC6CCC(C5)N6C(=O)OC(C)(C)C)nc(OCC5(CN6CC7(CCC(F)(CN8CCN(c9ccc%10c(c9)CN([C@H]9CCC(=O)NC9=O)C%10=O)CC8)CC7)C6)CC5)nc4c3F)c12. The molecule has 21 heteroatoms. The van der Waals surface area contributed by atoms with Crippen LogP contribution in [0.4, 0.5) is 29.5 Å². The van der Waals surface area contributed by atoms with Crippen molar-refractivity contribution in [1.29, 1.82) is 0 Å². The highest BCUT2D eigenvalue weighted by molar-refractivity contribution is 6.06. The smallest absolute Gasteiger partial charge is 0.410 e. The molecule has 3 aromatic carbocycles. The lowest BCUT2D eigenvalue weighted by molar-refractivity contribution is -0.136. The Balaban J connectivity index is 0.664. The highest BCUT2D eigenvalue weighted by atomic mass is 19.1. The largest absolute Gasteiger partial charge is 0.468 e. The molecule has 13 rings (SSSR count). The fraction of sp³-hybridized carbons (Fsp3) is 0.571. The number of likely N-dealkylation sites (tertiary alicyclic amines) is 1. The number of anilines is 2. The number of amides is 4. The summed E-state index contributed by atoms with van der Waals surface area (Å²) in [6.07, 6.45) is 8.35. The summed E-state index contributed by atoms with van der Waals surface area (Å²) in [5, 5.41) is 3.94. The lowest BCUT2D eigenvalue weighted by Crippen LogP contribution is -2.61. The third-order valence-corrected chi connectivity index (χ3v) is 19.2. The van der Waals surface area contributed by atoms with Crippen LogP contribution in [0.5, 0.6) is 11.8 Å². The number of aryl methyl sites for hydroxylation is 1. The number of benzene rings is 3. The molecular formula is C63H75F3N10O8. The molecule has 7 fully saturated rings. The van der Waals surface area contributed by atoms with Crippen molar-refractivity contribution in [2.45, 2.75) is 134 Å². The summed E-state index contributed by atoms with van der Waals surface area (Å²) in [6, 6.07) is 11.4. The molecule has 2 unspecified atom stereocenters. The number of nitrogens with one attached hydrogen (secondary N) is 1. The molecule has 84 heavy (non-hydrogen) atoms. The summed E-state index contributed by atoms with van der Waals surface area (Å²) in [5.41, 5.74) is 1.30. The summed E-state index contributed by atoms with van der Waals surface area (Å²) in [6.45, 7) is 14.9. The van der Waals surface area contributed by atoms with Crippen LogP contribution in [-0.2, 0) is 32.0 Å². The van der Waals surface area contributed by atoms with Gasteiger partial charge in [0.25, 0.3) is 5.91 Å². The van der Waals surface area contributed by atoms with Crippen molar-refractivity contribution in [3.8, 4) is 23.0 Å². The van der Waals surface area contributed by atoms with Crippen molar-refractivity contribution in [3.63, 3.8) is 0 Å². The molecule has 446 valence electrons. The Labute approximate surface area is 487 Å². The number of rotatable bonds is 15. The van der Waals surface area contributed by atoms with Crippen LogP contribution >= 0.6 is 0 Å². The van der Waals surface area contributed by atoms with Gasteiger partial charge in [0.15, 0.2) is 12.6 Å². The molecule has 2 aromatic heterocycles. The van der Waals surface area contributed by atoms with Crippen LogP contribution in [0.3, 0.4) is 0 Å². The van der Waals surface area contributed by atoms with Crippen LogP contribution < -0.4 is 24.6 Å². The summed E-state index contributed by atoms with van der Waals surface area (Å²) in [4.78, 5) is 78.3. The maximum atomic E-state index is 17.7. The molecule has 8 heterocycles. The number of alkyl halides is 1. The molecule has 4 amide bonds. The van der Waals surface area contributed by atoms with E-state index in [0.29, 0.717) is 103 Å². The standard InChI is InChI=1S/C63H75F3N10O8/c1-6-44-48(64)12-7-38-26-43(83-37-81-5)27-46(51(38)44)53-52(65)54-47(28-67-53)55(74-30-41-8-9-42(31-74)76(41)59(80)84-60(2,3)4)70-58(69-54)82-36-62(15-16-62)34-72-32-61(33-72)17-19-63(66,20-18-61)35-71-21-23-73(24-22-71)40-10-11-45-39(25-40)29-75(57(45)79)49-13-14-50(77)68-56(49)78/h7,10-12,25-28,41-42,49H,6,8-9,13-24,29-37H2,1-5H3,(H,68,77,78)/t41?,42?,49-/m0/s1. The van der Waals surface area contributed by atoms with E-state index >= 15 is 13.2 Å². The molecule has 6 aliphatic heterocycles. The number of hydrogen-bond acceptors (Lipinski definition) is 15. The van der Waals surface area contributed by atoms with E-state index in [1.54, 1.807) is 29.3 Å². The molecule has 8 aliphatic rings. The molecule has 1 spiro atoms. The molecule has 5 aromatic rings. The molecule has 0 radical (unpaired) electrons. The molecule has 2 bridgehead atoms. The van der Waals surface area contributed by atoms with Crippen LogP contribution in [0.25, 0.3) is 32.9 Å². The minimum absolute atomic E-state index is 0.0168. The monoisotopic (exact) mass is 1160 g/mol. The van der Waals surface area contributed by atoms with Gasteiger partial charge in [0.2, 0.25) is 11.8 Å². The molecule has 5 saturated heterocycles. The van der Waals surface area contributed by atoms with Gasteiger partial charge in [-0.25, -0.2) is 18.0 Å². The Morgan fingerprint density at radius 3 is 2.27 bits per heavy atom. The Bertz CT molecular complexity index is 3430. The Morgan fingerprint density at radius 1 is 0.833 bits per heavy atom. The van der Waals surface area contributed by atoms with E-state index in [-0.39, 0.29) is 71.3 Å². The van der Waals surface area contributed by atoms with Crippen LogP contribution in [0.15, 0.2) is 48.7 Å². The first-order valence-corrected chi connectivity index (χ1v) is 30.1. The predicted molar refractivity (Wildman–Crippen MR) is 309 cm³/mol. The van der Waals surface area contributed by atoms with Gasteiger partial charge in [0.1, 0.15) is 45.9 Å². The van der Waals surface area contributed by atoms with E-state index in [1.165, 1.54) is 13.2 Å². The van der Waals surface area contributed by atoms with Gasteiger partial charge in [-0.15, -0.1) is 0 Å². The number of nitrogens with zero attached hydrogens (tertiary/aromatic N) is 9. The van der Waals surface area contributed by atoms with E-state index in [1.807, 2.05) is 50.8 Å². The number of aromatic nitrogens is 3. The van der Waals surface area contributed by atoms with Crippen LogP contribution in [0.2, 0.25) is 0 Å². The van der Waals surface area contributed by atoms with Gasteiger partial charge in [-0.2, -0.15) is 9.97 Å². The summed E-state index contributed by atoms with van der Waals surface area (Å²) >= 11 is 0. The van der Waals surface area contributed by atoms with E-state index < -0.39 is 34.9 Å². The molecule has 2 saturated carbocycles. The van der Waals surface area contributed by atoms with E-state index in [2.05, 4.69) is 24.9 Å². The summed E-state index contributed by atoms with van der Waals surface area (Å²) in [7, 11) is 1.51. The number of halogens is 3. The van der Waals surface area contributed by atoms with Crippen molar-refractivity contribution >= 4 is 57.0 Å². The zero-order valence-electron chi connectivity index (χ0n) is 48.7. The second-order valence-corrected chi connectivity index (χ2v) is 26.3. The molecule has 1 N–H and O–H groups in total. The lowest BCUT2D eigenvalue weighted by atomic mass is 9.64. The zero-order chi connectivity index (χ0) is 58.5. The molecule has 3 atom stereocenters. The van der Waals surface area contributed by atoms with Crippen molar-refractivity contribution in [3.05, 3.63) is 77.0 Å². The Kier molecular flexibility index (Phi) is 14.5. The van der Waals surface area contributed by atoms with Crippen LogP contribution in [-0.4, -0.2) is 174 Å². The van der Waals surface area contributed by atoms with Crippen LogP contribution in [0.1, 0.15) is 113 Å². The topological polar surface area (TPSA) is 175 Å². The number of carbonyl (C=O) groups excluding carboxylic acids is 4. The number of methoxy groups -OCH3 is 1. The van der Waals surface area contributed by atoms with Gasteiger partial charge in [0.05, 0.1) is 24.1 Å². The first kappa shape index (κ1) is 56.3. The Morgan fingerprint density at radius 2 is 1.58 bits per heavy atom. The number of imide groups is 1. The average Bonchev–Trinajstić information content (AvgIpc) is 3.44. The number of fused-ring (bicyclic) bond motifs is 5.